The normalized spacial score (nSPS) is 22.4. The molecule has 6 rings (SSSR count). The maximum absolute atomic E-state index is 13.0. The largest absolute Gasteiger partial charge is 0.471 e. The molecular weight excluding hydrogens is 690 g/mol. The van der Waals surface area contributed by atoms with Gasteiger partial charge in [-0.3, -0.25) is 9.59 Å². The van der Waals surface area contributed by atoms with Crippen LogP contribution in [-0.4, -0.2) is 62.6 Å². The third kappa shape index (κ3) is 8.37. The molecule has 5 atom stereocenters. The van der Waals surface area contributed by atoms with Crippen molar-refractivity contribution in [2.75, 3.05) is 12.3 Å². The first-order valence-electron chi connectivity index (χ1n) is 16.3. The summed E-state index contributed by atoms with van der Waals surface area (Å²) in [6.45, 7) is 4.01. The molecule has 3 heterocycles. The van der Waals surface area contributed by atoms with Crippen LogP contribution in [0.25, 0.3) is 11.1 Å². The van der Waals surface area contributed by atoms with E-state index in [1.165, 1.54) is 0 Å². The zero-order valence-electron chi connectivity index (χ0n) is 27.4. The number of likely N-dealkylation sites (tertiary alicyclic amines) is 1. The fourth-order valence-corrected chi connectivity index (χ4v) is 8.25. The van der Waals surface area contributed by atoms with E-state index >= 15 is 0 Å². The van der Waals surface area contributed by atoms with Gasteiger partial charge in [0, 0.05) is 30.3 Å². The van der Waals surface area contributed by atoms with E-state index in [-0.39, 0.29) is 44.2 Å². The molecule has 0 aliphatic carbocycles. The molecule has 0 spiro atoms. The maximum atomic E-state index is 13.0. The number of nitrogens with zero attached hydrogens (tertiary/aromatic N) is 3. The number of hydrogen-bond donors (Lipinski definition) is 2. The fraction of sp³-hybridized carbons (Fsp3) is 0.389. The van der Waals surface area contributed by atoms with Crippen LogP contribution in [0, 0.1) is 12.8 Å². The Bertz CT molecular complexity index is 1790. The van der Waals surface area contributed by atoms with Crippen molar-refractivity contribution in [1.82, 2.24) is 20.4 Å². The highest BCUT2D eigenvalue weighted by molar-refractivity contribution is 8.01. The second-order valence-electron chi connectivity index (χ2n) is 12.4. The van der Waals surface area contributed by atoms with Crippen molar-refractivity contribution < 1.29 is 37.3 Å². The Labute approximate surface area is 296 Å². The van der Waals surface area contributed by atoms with Gasteiger partial charge in [-0.25, -0.2) is 0 Å². The average Bonchev–Trinajstić information content (AvgIpc) is 3.79. The van der Waals surface area contributed by atoms with Gasteiger partial charge < -0.3 is 24.8 Å². The molecule has 2 aliphatic rings. The van der Waals surface area contributed by atoms with E-state index in [1.807, 2.05) is 79.7 Å². The van der Waals surface area contributed by atoms with Crippen molar-refractivity contribution in [3.05, 3.63) is 100 Å². The maximum Gasteiger partial charge on any atom is 0.471 e. The van der Waals surface area contributed by atoms with Crippen LogP contribution in [0.5, 0.6) is 0 Å². The van der Waals surface area contributed by atoms with Crippen molar-refractivity contribution in [2.24, 2.45) is 5.92 Å². The van der Waals surface area contributed by atoms with Gasteiger partial charge in [-0.15, -0.1) is 10.2 Å². The number of nitrogens with one attached hydrogen (secondary N) is 1. The summed E-state index contributed by atoms with van der Waals surface area (Å²) in [5.74, 6) is -1.89. The summed E-state index contributed by atoms with van der Waals surface area (Å²) < 4.78 is 53.1. The second kappa shape index (κ2) is 15.6. The molecule has 2 aliphatic heterocycles. The van der Waals surface area contributed by atoms with Crippen LogP contribution in [0.1, 0.15) is 59.4 Å². The van der Waals surface area contributed by atoms with Crippen LogP contribution < -0.4 is 5.32 Å². The molecule has 9 nitrogen and oxygen atoms in total. The van der Waals surface area contributed by atoms with Crippen LogP contribution in [-0.2, 0) is 32.2 Å². The van der Waals surface area contributed by atoms with E-state index in [0.717, 1.165) is 42.7 Å². The lowest BCUT2D eigenvalue weighted by Gasteiger charge is -2.41. The predicted molar refractivity (Wildman–Crippen MR) is 183 cm³/mol. The number of aliphatic hydroxyl groups excluding tert-OH is 1. The van der Waals surface area contributed by atoms with Crippen molar-refractivity contribution in [1.29, 1.82) is 0 Å². The lowest BCUT2D eigenvalue weighted by molar-refractivity contribution is -0.268. The molecule has 0 radical (unpaired) electrons. The van der Waals surface area contributed by atoms with Gasteiger partial charge in [0.2, 0.25) is 5.91 Å². The van der Waals surface area contributed by atoms with Gasteiger partial charge in [-0.05, 0) is 53.6 Å². The van der Waals surface area contributed by atoms with Crippen molar-refractivity contribution in [2.45, 2.75) is 74.9 Å². The number of thioether (sulfide) groups is 1. The molecule has 14 heteroatoms. The number of aryl methyl sites for hydroxylation is 1. The predicted octanol–water partition coefficient (Wildman–Crippen LogP) is 6.76. The zero-order chi connectivity index (χ0) is 35.4. The number of carbonyl (C=O) groups excluding carboxylic acids is 2. The Morgan fingerprint density at radius 2 is 1.74 bits per heavy atom. The summed E-state index contributed by atoms with van der Waals surface area (Å²) in [5, 5.41) is 21.5. The Morgan fingerprint density at radius 1 is 1.00 bits per heavy atom. The minimum atomic E-state index is -5.02. The zero-order valence-corrected chi connectivity index (χ0v) is 29.1. The fourth-order valence-electron chi connectivity index (χ4n) is 6.25. The number of ether oxygens (including phenoxy) is 2. The van der Waals surface area contributed by atoms with Crippen molar-refractivity contribution in [3.63, 3.8) is 0 Å². The van der Waals surface area contributed by atoms with Gasteiger partial charge in [0.05, 0.1) is 18.8 Å². The first-order valence-corrected chi connectivity index (χ1v) is 18.1. The third-order valence-corrected chi connectivity index (χ3v) is 11.0. The van der Waals surface area contributed by atoms with Crippen molar-refractivity contribution >= 4 is 34.9 Å². The Hall–Kier alpha value is -3.82. The van der Waals surface area contributed by atoms with Crippen LogP contribution in [0.2, 0.25) is 0 Å². The van der Waals surface area contributed by atoms with Crippen LogP contribution >= 0.6 is 23.1 Å². The Balaban J connectivity index is 1.14. The van der Waals surface area contributed by atoms with Gasteiger partial charge >= 0.3 is 12.1 Å². The Morgan fingerprint density at radius 3 is 2.42 bits per heavy atom. The number of alkyl halides is 3. The quantitative estimate of drug-likeness (QED) is 0.173. The lowest BCUT2D eigenvalue weighted by Crippen LogP contribution is -2.50. The number of hydrogen-bond acceptors (Lipinski definition) is 9. The topological polar surface area (TPSA) is 114 Å². The number of amides is 2. The Kier molecular flexibility index (Phi) is 11.2. The van der Waals surface area contributed by atoms with Crippen LogP contribution in [0.4, 0.5) is 13.2 Å². The molecule has 0 unspecified atom stereocenters. The molecule has 0 bridgehead atoms. The number of aliphatic hydroxyl groups is 1. The highest BCUT2D eigenvalue weighted by atomic mass is 32.2. The SMILES string of the molecule is Cc1nnc(SC[C@@H]2O[C@H](c3ccc(-c4cccc(CNC(=O)[C@@H]5CCCN5C(=O)C(F)(F)F)c4)cc3)O[C@H](c3ccc(CO)cc3)[C@@H]2C)s1. The van der Waals surface area contributed by atoms with E-state index in [4.69, 9.17) is 9.47 Å². The molecule has 4 aromatic rings. The number of benzene rings is 3. The molecule has 2 N–H and O–H groups in total. The number of carbonyl (C=O) groups is 2. The summed E-state index contributed by atoms with van der Waals surface area (Å²) in [6, 6.07) is 22.0. The first kappa shape index (κ1) is 36.0. The summed E-state index contributed by atoms with van der Waals surface area (Å²) >= 11 is 3.16. The minimum absolute atomic E-state index is 0.0251. The van der Waals surface area contributed by atoms with Gasteiger partial charge in [0.25, 0.3) is 0 Å². The molecule has 264 valence electrons. The second-order valence-corrected chi connectivity index (χ2v) is 14.9. The summed E-state index contributed by atoms with van der Waals surface area (Å²) in [7, 11) is 0. The first-order chi connectivity index (χ1) is 24.0. The molecule has 1 aromatic heterocycles. The van der Waals surface area contributed by atoms with Gasteiger partial charge in [0.15, 0.2) is 10.6 Å². The lowest BCUT2D eigenvalue weighted by atomic mass is 9.91. The van der Waals surface area contributed by atoms with E-state index in [0.29, 0.717) is 17.1 Å². The van der Waals surface area contributed by atoms with Crippen molar-refractivity contribution in [3.8, 4) is 11.1 Å². The van der Waals surface area contributed by atoms with Gasteiger partial charge in [-0.1, -0.05) is 96.8 Å². The minimum Gasteiger partial charge on any atom is -0.392 e. The van der Waals surface area contributed by atoms with E-state index in [1.54, 1.807) is 23.1 Å². The molecule has 2 fully saturated rings. The molecule has 50 heavy (non-hydrogen) atoms. The van der Waals surface area contributed by atoms with Crippen LogP contribution in [0.15, 0.2) is 77.1 Å². The third-order valence-electron chi connectivity index (χ3n) is 8.97. The molecule has 0 saturated carbocycles. The van der Waals surface area contributed by atoms with Crippen LogP contribution in [0.3, 0.4) is 0 Å². The van der Waals surface area contributed by atoms with E-state index < -0.39 is 30.3 Å². The number of aromatic nitrogens is 2. The number of halogens is 3. The standard InChI is InChI=1S/C36H37F3N4O5S2/c1-21-30(20-49-35-42-41-22(2)50-35)47-33(48-31(21)26-10-8-23(19-44)9-11-26)27-14-12-25(13-15-27)28-6-3-5-24(17-28)18-40-32(45)29-7-4-16-43(29)34(46)36(37,38)39/h3,5-6,8-15,17,21,29-31,33,44H,4,7,16,18-20H2,1-2H3,(H,40,45)/t21-,29+,30+,31+,33+/m1/s1. The molecule has 2 amide bonds. The molecule has 3 aromatic carbocycles. The summed E-state index contributed by atoms with van der Waals surface area (Å²) in [4.78, 5) is 25.2. The van der Waals surface area contributed by atoms with Gasteiger partial charge in [0.1, 0.15) is 11.0 Å². The molecular formula is C36H37F3N4O5S2. The smallest absolute Gasteiger partial charge is 0.392 e. The average molecular weight is 727 g/mol. The summed E-state index contributed by atoms with van der Waals surface area (Å²) in [6.07, 6.45) is -5.53. The number of rotatable bonds is 10. The molecule has 2 saturated heterocycles. The van der Waals surface area contributed by atoms with E-state index in [9.17, 15) is 27.9 Å². The monoisotopic (exact) mass is 726 g/mol. The van der Waals surface area contributed by atoms with Gasteiger partial charge in [-0.2, -0.15) is 13.2 Å². The van der Waals surface area contributed by atoms with E-state index in [2.05, 4.69) is 22.4 Å². The highest BCUT2D eigenvalue weighted by Gasteiger charge is 2.47. The summed E-state index contributed by atoms with van der Waals surface area (Å²) in [5.41, 5.74) is 5.24. The highest BCUT2D eigenvalue weighted by Crippen LogP contribution is 2.43.